The topological polar surface area (TPSA) is 117 Å². The molecule has 2 aliphatic heterocycles. The Hall–Kier alpha value is -3.15. The molecule has 3 amide bonds. The zero-order valence-corrected chi connectivity index (χ0v) is 18.4. The van der Waals surface area contributed by atoms with Crippen LogP contribution in [0.2, 0.25) is 0 Å². The van der Waals surface area contributed by atoms with Crippen molar-refractivity contribution in [3.8, 4) is 5.75 Å². The minimum Gasteiger partial charge on any atom is -0.495 e. The molecule has 0 bridgehead atoms. The van der Waals surface area contributed by atoms with Crippen LogP contribution >= 0.6 is 0 Å². The molecule has 2 N–H and O–H groups in total. The highest BCUT2D eigenvalue weighted by Crippen LogP contribution is 2.29. The molecule has 0 unspecified atom stereocenters. The van der Waals surface area contributed by atoms with Gasteiger partial charge in [0.25, 0.3) is 5.91 Å². The monoisotopic (exact) mass is 460 g/mol. The maximum atomic E-state index is 13.1. The van der Waals surface area contributed by atoms with Gasteiger partial charge in [0.15, 0.2) is 0 Å². The normalized spacial score (nSPS) is 17.2. The van der Waals surface area contributed by atoms with E-state index in [0.717, 1.165) is 5.69 Å². The zero-order chi connectivity index (χ0) is 22.7. The van der Waals surface area contributed by atoms with Crippen molar-refractivity contribution in [2.75, 3.05) is 56.7 Å². The number of urea groups is 1. The molecule has 2 aliphatic rings. The lowest BCUT2D eigenvalue weighted by atomic mass is 10.2. The second kappa shape index (κ2) is 9.15. The number of nitrogens with zero attached hydrogens (tertiary/aromatic N) is 2. The Morgan fingerprint density at radius 3 is 2.44 bits per heavy atom. The Bertz CT molecular complexity index is 1110. The van der Waals surface area contributed by atoms with Crippen LogP contribution in [-0.2, 0) is 14.8 Å². The van der Waals surface area contributed by atoms with Crippen LogP contribution in [0.4, 0.5) is 16.2 Å². The molecule has 2 saturated heterocycles. The van der Waals surface area contributed by atoms with Crippen molar-refractivity contribution in [1.29, 1.82) is 0 Å². The van der Waals surface area contributed by atoms with Crippen LogP contribution < -0.4 is 20.3 Å². The van der Waals surface area contributed by atoms with Gasteiger partial charge < -0.3 is 20.1 Å². The first-order valence-corrected chi connectivity index (χ1v) is 11.6. The Morgan fingerprint density at radius 1 is 1.09 bits per heavy atom. The van der Waals surface area contributed by atoms with Gasteiger partial charge in [-0.25, -0.2) is 13.2 Å². The second-order valence-corrected chi connectivity index (χ2v) is 9.17. The number of amides is 3. The van der Waals surface area contributed by atoms with Crippen molar-refractivity contribution in [3.63, 3.8) is 0 Å². The van der Waals surface area contributed by atoms with E-state index in [1.807, 2.05) is 0 Å². The Morgan fingerprint density at radius 2 is 1.81 bits per heavy atom. The van der Waals surface area contributed by atoms with Gasteiger partial charge in [-0.2, -0.15) is 4.31 Å². The van der Waals surface area contributed by atoms with E-state index < -0.39 is 15.9 Å². The van der Waals surface area contributed by atoms with Crippen molar-refractivity contribution in [2.24, 2.45) is 0 Å². The number of sulfonamides is 1. The number of carbonyl (C=O) groups is 2. The number of rotatable bonds is 6. The maximum absolute atomic E-state index is 13.1. The molecule has 170 valence electrons. The van der Waals surface area contributed by atoms with Crippen LogP contribution in [0.1, 0.15) is 10.4 Å². The molecule has 4 rings (SSSR count). The molecule has 11 heteroatoms. The van der Waals surface area contributed by atoms with E-state index in [4.69, 9.17) is 9.47 Å². The van der Waals surface area contributed by atoms with Crippen molar-refractivity contribution in [3.05, 3.63) is 48.0 Å². The fourth-order valence-electron chi connectivity index (χ4n) is 3.59. The number of anilines is 2. The molecule has 2 aromatic carbocycles. The lowest BCUT2D eigenvalue weighted by Crippen LogP contribution is -2.40. The van der Waals surface area contributed by atoms with Crippen LogP contribution in [0.3, 0.4) is 0 Å². The molecule has 0 aliphatic carbocycles. The molecule has 2 aromatic rings. The first-order chi connectivity index (χ1) is 15.4. The lowest BCUT2D eigenvalue weighted by molar-refractivity contribution is 0.0729. The Kier molecular flexibility index (Phi) is 6.31. The number of hydrogen-bond acceptors (Lipinski definition) is 6. The van der Waals surface area contributed by atoms with Crippen LogP contribution in [0.25, 0.3) is 0 Å². The summed E-state index contributed by atoms with van der Waals surface area (Å²) in [7, 11) is -2.46. The van der Waals surface area contributed by atoms with Gasteiger partial charge in [-0.15, -0.1) is 0 Å². The van der Waals surface area contributed by atoms with Gasteiger partial charge in [-0.05, 0) is 42.5 Å². The van der Waals surface area contributed by atoms with Crippen molar-refractivity contribution in [1.82, 2.24) is 9.62 Å². The molecule has 0 aromatic heterocycles. The van der Waals surface area contributed by atoms with Gasteiger partial charge in [-0.3, -0.25) is 9.69 Å². The first kappa shape index (κ1) is 22.1. The van der Waals surface area contributed by atoms with Gasteiger partial charge >= 0.3 is 6.03 Å². The highest BCUT2D eigenvalue weighted by molar-refractivity contribution is 7.89. The largest absolute Gasteiger partial charge is 0.495 e. The summed E-state index contributed by atoms with van der Waals surface area (Å²) in [4.78, 5) is 26.1. The summed E-state index contributed by atoms with van der Waals surface area (Å²) in [5, 5.41) is 5.49. The van der Waals surface area contributed by atoms with E-state index in [9.17, 15) is 18.0 Å². The van der Waals surface area contributed by atoms with Crippen molar-refractivity contribution in [2.45, 2.75) is 4.90 Å². The SMILES string of the molecule is COc1ccc(C(=O)Nc2ccc(N3CCNC3=O)cc2)cc1S(=O)(=O)N1CCOCC1. The molecule has 32 heavy (non-hydrogen) atoms. The number of benzene rings is 2. The minimum atomic E-state index is -3.85. The molecule has 0 spiro atoms. The molecule has 0 radical (unpaired) electrons. The first-order valence-electron chi connectivity index (χ1n) is 10.1. The van der Waals surface area contributed by atoms with E-state index in [2.05, 4.69) is 10.6 Å². The third kappa shape index (κ3) is 4.40. The molecule has 0 atom stereocenters. The summed E-state index contributed by atoms with van der Waals surface area (Å²) in [6, 6.07) is 11.0. The average molecular weight is 461 g/mol. The number of morpholine rings is 1. The quantitative estimate of drug-likeness (QED) is 0.675. The van der Waals surface area contributed by atoms with Crippen LogP contribution in [-0.4, -0.2) is 71.2 Å². The number of hydrogen-bond donors (Lipinski definition) is 2. The number of carbonyl (C=O) groups excluding carboxylic acids is 2. The van der Waals surface area contributed by atoms with E-state index in [0.29, 0.717) is 32.0 Å². The van der Waals surface area contributed by atoms with Gasteiger partial charge in [-0.1, -0.05) is 0 Å². The standard InChI is InChI=1S/C21H24N4O6S/c1-30-18-7-2-15(14-19(18)32(28,29)24-10-12-31-13-11-24)20(26)23-16-3-5-17(6-4-16)25-9-8-22-21(25)27/h2-7,14H,8-13H2,1H3,(H,22,27)(H,23,26). The summed E-state index contributed by atoms with van der Waals surface area (Å²) in [5.74, 6) is -0.293. The Labute approximate surface area is 186 Å². The molecule has 10 nitrogen and oxygen atoms in total. The molecule has 0 saturated carbocycles. The maximum Gasteiger partial charge on any atom is 0.321 e. The van der Waals surface area contributed by atoms with E-state index >= 15 is 0 Å². The highest BCUT2D eigenvalue weighted by Gasteiger charge is 2.30. The highest BCUT2D eigenvalue weighted by atomic mass is 32.2. The third-order valence-electron chi connectivity index (χ3n) is 5.31. The van der Waals surface area contributed by atoms with E-state index in [1.54, 1.807) is 29.2 Å². The predicted octanol–water partition coefficient (Wildman–Crippen LogP) is 1.50. The number of nitrogens with one attached hydrogen (secondary N) is 2. The summed E-state index contributed by atoms with van der Waals surface area (Å²) < 4.78 is 38.0. The molecule has 2 heterocycles. The zero-order valence-electron chi connectivity index (χ0n) is 17.5. The summed E-state index contributed by atoms with van der Waals surface area (Å²) in [6.45, 7) is 2.28. The smallest absolute Gasteiger partial charge is 0.321 e. The molecule has 2 fully saturated rings. The minimum absolute atomic E-state index is 0.0649. The Balaban J connectivity index is 1.54. The molecular weight excluding hydrogens is 436 g/mol. The van der Waals surface area contributed by atoms with Crippen LogP contribution in [0, 0.1) is 0 Å². The summed E-state index contributed by atoms with van der Waals surface area (Å²) in [6.07, 6.45) is 0. The third-order valence-corrected chi connectivity index (χ3v) is 7.23. The second-order valence-electron chi connectivity index (χ2n) is 7.27. The lowest BCUT2D eigenvalue weighted by Gasteiger charge is -2.26. The summed E-state index contributed by atoms with van der Waals surface area (Å²) in [5.41, 5.74) is 1.42. The van der Waals surface area contributed by atoms with E-state index in [-0.39, 0.29) is 35.3 Å². The number of methoxy groups -OCH3 is 1. The average Bonchev–Trinajstić information content (AvgIpc) is 3.25. The van der Waals surface area contributed by atoms with Crippen LogP contribution in [0.5, 0.6) is 5.75 Å². The van der Waals surface area contributed by atoms with Gasteiger partial charge in [0.05, 0.1) is 20.3 Å². The fourth-order valence-corrected chi connectivity index (χ4v) is 5.18. The summed E-state index contributed by atoms with van der Waals surface area (Å²) >= 11 is 0. The molecular formula is C21H24N4O6S. The predicted molar refractivity (Wildman–Crippen MR) is 118 cm³/mol. The number of ether oxygens (including phenoxy) is 2. The van der Waals surface area contributed by atoms with Crippen molar-refractivity contribution >= 4 is 33.3 Å². The fraction of sp³-hybridized carbons (Fsp3) is 0.333. The van der Waals surface area contributed by atoms with Gasteiger partial charge in [0, 0.05) is 43.1 Å². The van der Waals surface area contributed by atoms with Crippen molar-refractivity contribution < 1.29 is 27.5 Å². The van der Waals surface area contributed by atoms with E-state index in [1.165, 1.54) is 29.6 Å². The van der Waals surface area contributed by atoms with Gasteiger partial charge in [0.1, 0.15) is 10.6 Å². The van der Waals surface area contributed by atoms with Crippen LogP contribution in [0.15, 0.2) is 47.4 Å². The van der Waals surface area contributed by atoms with Gasteiger partial charge in [0.2, 0.25) is 10.0 Å².